The molecule has 104 valence electrons. The minimum absolute atomic E-state index is 1.19. The van der Waals surface area contributed by atoms with Crippen LogP contribution in [-0.4, -0.2) is 13.1 Å². The first-order chi connectivity index (χ1) is 10.4. The van der Waals surface area contributed by atoms with E-state index in [2.05, 4.69) is 71.6 Å². The number of fused-ring (bicyclic) bond motifs is 1. The molecular formula is C20H19N. The van der Waals surface area contributed by atoms with Crippen molar-refractivity contribution in [3.05, 3.63) is 66.7 Å². The van der Waals surface area contributed by atoms with Crippen LogP contribution in [0, 0.1) is 0 Å². The number of anilines is 1. The van der Waals surface area contributed by atoms with E-state index in [1.165, 1.54) is 53.5 Å². The van der Waals surface area contributed by atoms with Crippen LogP contribution in [0.2, 0.25) is 0 Å². The van der Waals surface area contributed by atoms with Crippen molar-refractivity contribution in [3.63, 3.8) is 0 Å². The number of hydrogen-bond donors (Lipinski definition) is 0. The Kier molecular flexibility index (Phi) is 3.11. The highest BCUT2D eigenvalue weighted by Crippen LogP contribution is 2.31. The summed E-state index contributed by atoms with van der Waals surface area (Å²) in [5.41, 5.74) is 4.00. The molecular weight excluding hydrogens is 254 g/mol. The number of hydrogen-bond acceptors (Lipinski definition) is 1. The Bertz CT molecular complexity index is 764. The Balaban J connectivity index is 1.83. The molecule has 0 atom stereocenters. The van der Waals surface area contributed by atoms with Crippen molar-refractivity contribution >= 4 is 16.5 Å². The van der Waals surface area contributed by atoms with E-state index in [0.717, 1.165) is 0 Å². The normalized spacial score (nSPS) is 14.8. The van der Waals surface area contributed by atoms with Gasteiger partial charge in [-0.2, -0.15) is 0 Å². The van der Waals surface area contributed by atoms with Crippen LogP contribution in [0.15, 0.2) is 66.7 Å². The molecule has 0 spiro atoms. The second-order valence-corrected chi connectivity index (χ2v) is 5.77. The van der Waals surface area contributed by atoms with Crippen molar-refractivity contribution in [1.82, 2.24) is 0 Å². The van der Waals surface area contributed by atoms with E-state index in [1.807, 2.05) is 0 Å². The van der Waals surface area contributed by atoms with Crippen LogP contribution in [0.3, 0.4) is 0 Å². The minimum Gasteiger partial charge on any atom is -0.372 e. The summed E-state index contributed by atoms with van der Waals surface area (Å²) < 4.78 is 0. The molecule has 0 aliphatic carbocycles. The Morgan fingerprint density at radius 1 is 0.714 bits per heavy atom. The maximum absolute atomic E-state index is 2.49. The first-order valence-corrected chi connectivity index (χ1v) is 7.75. The fraction of sp³-hybridized carbons (Fsp3) is 0.200. The minimum atomic E-state index is 1.19. The molecule has 0 bridgehead atoms. The van der Waals surface area contributed by atoms with Crippen molar-refractivity contribution in [2.45, 2.75) is 12.8 Å². The molecule has 1 aliphatic rings. The summed E-state index contributed by atoms with van der Waals surface area (Å²) in [5, 5.41) is 2.64. The molecule has 0 N–H and O–H groups in total. The van der Waals surface area contributed by atoms with Gasteiger partial charge in [0, 0.05) is 18.8 Å². The summed E-state index contributed by atoms with van der Waals surface area (Å²) in [6.07, 6.45) is 2.64. The maximum atomic E-state index is 2.49. The fourth-order valence-corrected chi connectivity index (χ4v) is 3.32. The van der Waals surface area contributed by atoms with Crippen LogP contribution in [-0.2, 0) is 0 Å². The van der Waals surface area contributed by atoms with Crippen LogP contribution >= 0.6 is 0 Å². The molecule has 1 heterocycles. The van der Waals surface area contributed by atoms with Crippen LogP contribution in [0.4, 0.5) is 5.69 Å². The van der Waals surface area contributed by atoms with E-state index in [9.17, 15) is 0 Å². The molecule has 1 fully saturated rings. The standard InChI is InChI=1S/C20H19N/c1-2-11-19-16(7-1)8-6-12-20(19)17-9-5-10-18(15-17)21-13-3-4-14-21/h1-2,5-12,15H,3-4,13-14H2. The molecule has 0 aromatic heterocycles. The van der Waals surface area contributed by atoms with Gasteiger partial charge in [0.1, 0.15) is 0 Å². The van der Waals surface area contributed by atoms with E-state index in [4.69, 9.17) is 0 Å². The van der Waals surface area contributed by atoms with Gasteiger partial charge in [0.2, 0.25) is 0 Å². The van der Waals surface area contributed by atoms with Gasteiger partial charge in [-0.15, -0.1) is 0 Å². The smallest absolute Gasteiger partial charge is 0.0372 e. The zero-order chi connectivity index (χ0) is 14.1. The predicted octanol–water partition coefficient (Wildman–Crippen LogP) is 5.11. The predicted molar refractivity (Wildman–Crippen MR) is 90.8 cm³/mol. The molecule has 0 amide bonds. The number of benzene rings is 3. The molecule has 1 heteroatoms. The van der Waals surface area contributed by atoms with Gasteiger partial charge in [0.25, 0.3) is 0 Å². The van der Waals surface area contributed by atoms with E-state index in [1.54, 1.807) is 0 Å². The molecule has 0 unspecified atom stereocenters. The SMILES string of the molecule is c1cc(-c2cccc3ccccc23)cc(N2CCCC2)c1. The molecule has 1 aliphatic heterocycles. The van der Waals surface area contributed by atoms with E-state index >= 15 is 0 Å². The lowest BCUT2D eigenvalue weighted by Gasteiger charge is -2.18. The fourth-order valence-electron chi connectivity index (χ4n) is 3.32. The van der Waals surface area contributed by atoms with E-state index in [0.29, 0.717) is 0 Å². The molecule has 1 nitrogen and oxygen atoms in total. The second-order valence-electron chi connectivity index (χ2n) is 5.77. The first kappa shape index (κ1) is 12.5. The van der Waals surface area contributed by atoms with Crippen molar-refractivity contribution < 1.29 is 0 Å². The Hall–Kier alpha value is -2.28. The van der Waals surface area contributed by atoms with Crippen molar-refractivity contribution in [1.29, 1.82) is 0 Å². The molecule has 1 saturated heterocycles. The Morgan fingerprint density at radius 3 is 2.38 bits per heavy atom. The topological polar surface area (TPSA) is 3.24 Å². The van der Waals surface area contributed by atoms with Gasteiger partial charge >= 0.3 is 0 Å². The highest BCUT2D eigenvalue weighted by Gasteiger charge is 2.13. The molecule has 3 aromatic rings. The van der Waals surface area contributed by atoms with Crippen LogP contribution in [0.25, 0.3) is 21.9 Å². The lowest BCUT2D eigenvalue weighted by Crippen LogP contribution is -2.17. The second kappa shape index (κ2) is 5.25. The lowest BCUT2D eigenvalue weighted by molar-refractivity contribution is 0.949. The zero-order valence-corrected chi connectivity index (χ0v) is 12.1. The van der Waals surface area contributed by atoms with E-state index < -0.39 is 0 Å². The van der Waals surface area contributed by atoms with Crippen LogP contribution < -0.4 is 4.90 Å². The molecule has 4 rings (SSSR count). The van der Waals surface area contributed by atoms with Gasteiger partial charge in [-0.3, -0.25) is 0 Å². The number of nitrogens with zero attached hydrogens (tertiary/aromatic N) is 1. The third-order valence-corrected chi connectivity index (χ3v) is 4.42. The van der Waals surface area contributed by atoms with Gasteiger partial charge in [-0.25, -0.2) is 0 Å². The van der Waals surface area contributed by atoms with Crippen LogP contribution in [0.5, 0.6) is 0 Å². The highest BCUT2D eigenvalue weighted by molar-refractivity contribution is 5.97. The summed E-state index contributed by atoms with van der Waals surface area (Å²) in [5.74, 6) is 0. The van der Waals surface area contributed by atoms with Gasteiger partial charge in [0.05, 0.1) is 0 Å². The van der Waals surface area contributed by atoms with Gasteiger partial charge in [-0.1, -0.05) is 54.6 Å². The van der Waals surface area contributed by atoms with Crippen molar-refractivity contribution in [3.8, 4) is 11.1 Å². The van der Waals surface area contributed by atoms with E-state index in [-0.39, 0.29) is 0 Å². The maximum Gasteiger partial charge on any atom is 0.0372 e. The van der Waals surface area contributed by atoms with Crippen LogP contribution in [0.1, 0.15) is 12.8 Å². The van der Waals surface area contributed by atoms with Gasteiger partial charge < -0.3 is 4.90 Å². The monoisotopic (exact) mass is 273 g/mol. The third-order valence-electron chi connectivity index (χ3n) is 4.42. The lowest BCUT2D eigenvalue weighted by atomic mass is 9.98. The largest absolute Gasteiger partial charge is 0.372 e. The quantitative estimate of drug-likeness (QED) is 0.627. The summed E-state index contributed by atoms with van der Waals surface area (Å²) >= 11 is 0. The summed E-state index contributed by atoms with van der Waals surface area (Å²) in [7, 11) is 0. The third kappa shape index (κ3) is 2.29. The average Bonchev–Trinajstić information content (AvgIpc) is 3.09. The zero-order valence-electron chi connectivity index (χ0n) is 12.1. The number of rotatable bonds is 2. The van der Waals surface area contributed by atoms with Crippen molar-refractivity contribution in [2.75, 3.05) is 18.0 Å². The summed E-state index contributed by atoms with van der Waals surface area (Å²) in [4.78, 5) is 2.49. The first-order valence-electron chi connectivity index (χ1n) is 7.75. The van der Waals surface area contributed by atoms with Crippen molar-refractivity contribution in [2.24, 2.45) is 0 Å². The average molecular weight is 273 g/mol. The molecule has 21 heavy (non-hydrogen) atoms. The molecule has 0 radical (unpaired) electrons. The molecule has 0 saturated carbocycles. The summed E-state index contributed by atoms with van der Waals surface area (Å²) in [6.45, 7) is 2.39. The molecule has 3 aromatic carbocycles. The summed E-state index contributed by atoms with van der Waals surface area (Å²) in [6, 6.07) is 24.2. The van der Waals surface area contributed by atoms with Gasteiger partial charge in [0.15, 0.2) is 0 Å². The Morgan fingerprint density at radius 2 is 1.48 bits per heavy atom. The van der Waals surface area contributed by atoms with Gasteiger partial charge in [-0.05, 0) is 46.9 Å². The highest BCUT2D eigenvalue weighted by atomic mass is 15.1. The Labute approximate surface area is 125 Å².